The molecule has 114 valence electrons. The molecular formula is C13H20O7. The van der Waals surface area contributed by atoms with Crippen LogP contribution in [-0.4, -0.2) is 43.0 Å². The van der Waals surface area contributed by atoms with Crippen LogP contribution in [-0.2, 0) is 33.4 Å². The lowest BCUT2D eigenvalue weighted by atomic mass is 10.1. The Morgan fingerprint density at radius 3 is 1.75 bits per heavy atom. The van der Waals surface area contributed by atoms with Crippen LogP contribution < -0.4 is 0 Å². The molecule has 0 fully saturated rings. The summed E-state index contributed by atoms with van der Waals surface area (Å²) < 4.78 is 13.9. The quantitative estimate of drug-likeness (QED) is 0.367. The monoisotopic (exact) mass is 288 g/mol. The highest BCUT2D eigenvalue weighted by atomic mass is 16.6. The van der Waals surface area contributed by atoms with Crippen molar-refractivity contribution in [3.05, 3.63) is 0 Å². The zero-order chi connectivity index (χ0) is 15.7. The number of ketones is 1. The molecule has 0 aliphatic rings. The second-order valence-electron chi connectivity index (χ2n) is 4.66. The molecule has 20 heavy (non-hydrogen) atoms. The van der Waals surface area contributed by atoms with Crippen molar-refractivity contribution in [3.63, 3.8) is 0 Å². The Bertz CT molecular complexity index is 371. The summed E-state index contributed by atoms with van der Waals surface area (Å²) in [7, 11) is 0. The van der Waals surface area contributed by atoms with E-state index in [0.29, 0.717) is 0 Å². The summed E-state index contributed by atoms with van der Waals surface area (Å²) in [5.41, 5.74) is 0. The Kier molecular flexibility index (Phi) is 8.19. The van der Waals surface area contributed by atoms with Crippen molar-refractivity contribution in [1.82, 2.24) is 0 Å². The molecular weight excluding hydrogens is 268 g/mol. The van der Waals surface area contributed by atoms with Crippen molar-refractivity contribution in [2.45, 2.75) is 40.2 Å². The standard InChI is InChI=1S/C13H20O7/c1-8(2)10(14)6-18-11(15)5-12(16)19-7-13(17)20-9(3)4/h8-9H,5-7H2,1-4H3. The van der Waals surface area contributed by atoms with Crippen LogP contribution in [0.15, 0.2) is 0 Å². The van der Waals surface area contributed by atoms with Gasteiger partial charge in [0, 0.05) is 5.92 Å². The first kappa shape index (κ1) is 18.1. The Morgan fingerprint density at radius 1 is 0.800 bits per heavy atom. The maximum atomic E-state index is 11.2. The van der Waals surface area contributed by atoms with E-state index in [0.717, 1.165) is 0 Å². The predicted octanol–water partition coefficient (Wildman–Crippen LogP) is 0.640. The van der Waals surface area contributed by atoms with E-state index < -0.39 is 30.9 Å². The fourth-order valence-electron chi connectivity index (χ4n) is 0.975. The molecule has 0 atom stereocenters. The van der Waals surface area contributed by atoms with E-state index >= 15 is 0 Å². The third kappa shape index (κ3) is 9.07. The van der Waals surface area contributed by atoms with E-state index in [9.17, 15) is 19.2 Å². The first-order valence-electron chi connectivity index (χ1n) is 6.25. The van der Waals surface area contributed by atoms with Crippen molar-refractivity contribution < 1.29 is 33.4 Å². The molecule has 0 aliphatic carbocycles. The summed E-state index contributed by atoms with van der Waals surface area (Å²) in [6.45, 7) is 5.72. The maximum absolute atomic E-state index is 11.2. The summed E-state index contributed by atoms with van der Waals surface area (Å²) in [6, 6.07) is 0. The summed E-state index contributed by atoms with van der Waals surface area (Å²) in [6.07, 6.45) is -0.964. The van der Waals surface area contributed by atoms with Gasteiger partial charge in [-0.1, -0.05) is 13.8 Å². The van der Waals surface area contributed by atoms with Gasteiger partial charge >= 0.3 is 17.9 Å². The van der Waals surface area contributed by atoms with Gasteiger partial charge in [-0.2, -0.15) is 0 Å². The minimum Gasteiger partial charge on any atom is -0.460 e. The van der Waals surface area contributed by atoms with Crippen molar-refractivity contribution >= 4 is 23.7 Å². The fraction of sp³-hybridized carbons (Fsp3) is 0.692. The highest BCUT2D eigenvalue weighted by molar-refractivity contribution is 5.93. The van der Waals surface area contributed by atoms with Crippen molar-refractivity contribution in [2.75, 3.05) is 13.2 Å². The van der Waals surface area contributed by atoms with Crippen molar-refractivity contribution in [1.29, 1.82) is 0 Å². The molecule has 0 aromatic carbocycles. The molecule has 0 bridgehead atoms. The van der Waals surface area contributed by atoms with E-state index in [-0.39, 0.29) is 24.4 Å². The predicted molar refractivity (Wildman–Crippen MR) is 67.6 cm³/mol. The molecule has 0 aliphatic heterocycles. The fourth-order valence-corrected chi connectivity index (χ4v) is 0.975. The molecule has 0 rings (SSSR count). The van der Waals surface area contributed by atoms with Gasteiger partial charge in [-0.15, -0.1) is 0 Å². The van der Waals surface area contributed by atoms with Crippen LogP contribution in [0.2, 0.25) is 0 Å². The van der Waals surface area contributed by atoms with E-state index in [1.807, 2.05) is 0 Å². The lowest BCUT2D eigenvalue weighted by Gasteiger charge is -2.08. The Morgan fingerprint density at radius 2 is 1.30 bits per heavy atom. The number of carbonyl (C=O) groups is 4. The van der Waals surface area contributed by atoms with Gasteiger partial charge in [0.1, 0.15) is 13.0 Å². The third-order valence-corrected chi connectivity index (χ3v) is 2.03. The number of hydrogen-bond donors (Lipinski definition) is 0. The van der Waals surface area contributed by atoms with E-state index in [1.165, 1.54) is 0 Å². The summed E-state index contributed by atoms with van der Waals surface area (Å²) in [4.78, 5) is 44.7. The van der Waals surface area contributed by atoms with Crippen molar-refractivity contribution in [3.8, 4) is 0 Å². The maximum Gasteiger partial charge on any atom is 0.344 e. The zero-order valence-corrected chi connectivity index (χ0v) is 12.1. The molecule has 0 saturated heterocycles. The Labute approximate surface area is 117 Å². The van der Waals surface area contributed by atoms with Crippen LogP contribution in [0, 0.1) is 5.92 Å². The van der Waals surface area contributed by atoms with Gasteiger partial charge in [0.05, 0.1) is 6.10 Å². The molecule has 0 heterocycles. The van der Waals surface area contributed by atoms with Gasteiger partial charge in [-0.05, 0) is 13.8 Å². The average molecular weight is 288 g/mol. The number of esters is 3. The van der Waals surface area contributed by atoms with Crippen LogP contribution >= 0.6 is 0 Å². The largest absolute Gasteiger partial charge is 0.460 e. The SMILES string of the molecule is CC(C)OC(=O)COC(=O)CC(=O)OCC(=O)C(C)C. The number of Topliss-reactive ketones (excluding diaryl/α,β-unsaturated/α-hetero) is 1. The highest BCUT2D eigenvalue weighted by Gasteiger charge is 2.16. The molecule has 0 aromatic rings. The second kappa shape index (κ2) is 9.06. The molecule has 0 unspecified atom stereocenters. The highest BCUT2D eigenvalue weighted by Crippen LogP contribution is 1.98. The number of ether oxygens (including phenoxy) is 3. The lowest BCUT2D eigenvalue weighted by molar-refractivity contribution is -0.164. The molecule has 7 heteroatoms. The summed E-state index contributed by atoms with van der Waals surface area (Å²) in [5.74, 6) is -2.97. The molecule has 7 nitrogen and oxygen atoms in total. The number of hydrogen-bond acceptors (Lipinski definition) is 7. The number of carbonyl (C=O) groups excluding carboxylic acids is 4. The third-order valence-electron chi connectivity index (χ3n) is 2.03. The first-order valence-corrected chi connectivity index (χ1v) is 6.25. The summed E-state index contributed by atoms with van der Waals surface area (Å²) in [5, 5.41) is 0. The van der Waals surface area contributed by atoms with Crippen LogP contribution in [0.25, 0.3) is 0 Å². The van der Waals surface area contributed by atoms with Gasteiger partial charge in [-0.3, -0.25) is 14.4 Å². The van der Waals surface area contributed by atoms with Crippen LogP contribution in [0.3, 0.4) is 0 Å². The van der Waals surface area contributed by atoms with Crippen LogP contribution in [0.5, 0.6) is 0 Å². The molecule has 0 N–H and O–H groups in total. The summed E-state index contributed by atoms with van der Waals surface area (Å²) >= 11 is 0. The second-order valence-corrected chi connectivity index (χ2v) is 4.66. The minimum atomic E-state index is -0.910. The Balaban J connectivity index is 3.88. The van der Waals surface area contributed by atoms with Crippen LogP contribution in [0.1, 0.15) is 34.1 Å². The van der Waals surface area contributed by atoms with E-state index in [4.69, 9.17) is 4.74 Å². The van der Waals surface area contributed by atoms with E-state index in [1.54, 1.807) is 27.7 Å². The van der Waals surface area contributed by atoms with Gasteiger partial charge in [-0.25, -0.2) is 4.79 Å². The topological polar surface area (TPSA) is 96.0 Å². The molecule has 0 aromatic heterocycles. The smallest absolute Gasteiger partial charge is 0.344 e. The molecule has 0 spiro atoms. The van der Waals surface area contributed by atoms with Crippen LogP contribution in [0.4, 0.5) is 0 Å². The molecule has 0 saturated carbocycles. The zero-order valence-electron chi connectivity index (χ0n) is 12.1. The lowest BCUT2D eigenvalue weighted by Crippen LogP contribution is -2.23. The van der Waals surface area contributed by atoms with Gasteiger partial charge < -0.3 is 14.2 Å². The minimum absolute atomic E-state index is 0.243. The Hall–Kier alpha value is -1.92. The van der Waals surface area contributed by atoms with Crippen molar-refractivity contribution in [2.24, 2.45) is 5.92 Å². The van der Waals surface area contributed by atoms with E-state index in [2.05, 4.69) is 9.47 Å². The normalized spacial score (nSPS) is 10.3. The number of rotatable bonds is 8. The first-order chi connectivity index (χ1) is 9.22. The van der Waals surface area contributed by atoms with Gasteiger partial charge in [0.25, 0.3) is 0 Å². The van der Waals surface area contributed by atoms with Gasteiger partial charge in [0.2, 0.25) is 0 Å². The molecule has 0 amide bonds. The van der Waals surface area contributed by atoms with Gasteiger partial charge in [0.15, 0.2) is 12.4 Å². The average Bonchev–Trinajstić information content (AvgIpc) is 2.32. The molecule has 0 radical (unpaired) electrons.